The largest absolute Gasteiger partial charge is 0.295 e. The van der Waals surface area contributed by atoms with Crippen LogP contribution in [0.3, 0.4) is 0 Å². The summed E-state index contributed by atoms with van der Waals surface area (Å²) in [5.74, 6) is 0. The van der Waals surface area contributed by atoms with Crippen molar-refractivity contribution in [2.75, 3.05) is 6.26 Å². The highest BCUT2D eigenvalue weighted by Crippen LogP contribution is 2.28. The molecule has 0 aliphatic carbocycles. The average Bonchev–Trinajstić information content (AvgIpc) is 2.24. The second-order valence-electron chi connectivity index (χ2n) is 3.85. The first-order valence-electron chi connectivity index (χ1n) is 4.90. The van der Waals surface area contributed by atoms with Crippen LogP contribution in [0.5, 0.6) is 0 Å². The third-order valence-electron chi connectivity index (χ3n) is 2.52. The van der Waals surface area contributed by atoms with Gasteiger partial charge in [0, 0.05) is 17.0 Å². The third kappa shape index (κ3) is 2.24. The van der Waals surface area contributed by atoms with Gasteiger partial charge in [-0.1, -0.05) is 24.3 Å². The van der Waals surface area contributed by atoms with Gasteiger partial charge < -0.3 is 0 Å². The van der Waals surface area contributed by atoms with E-state index in [1.807, 2.05) is 0 Å². The Kier molecular flexibility index (Phi) is 2.92. The van der Waals surface area contributed by atoms with Crippen LogP contribution in [-0.2, 0) is 20.0 Å². The molecule has 0 aliphatic rings. The second kappa shape index (κ2) is 4.04. The Bertz CT molecular complexity index is 748. The van der Waals surface area contributed by atoms with Gasteiger partial charge in [-0.3, -0.25) is 4.55 Å². The number of benzene rings is 2. The maximum atomic E-state index is 11.6. The Morgan fingerprint density at radius 1 is 0.833 bits per heavy atom. The van der Waals surface area contributed by atoms with E-state index in [2.05, 4.69) is 0 Å². The van der Waals surface area contributed by atoms with Crippen molar-refractivity contribution in [3.05, 3.63) is 36.4 Å². The third-order valence-corrected chi connectivity index (χ3v) is 4.59. The van der Waals surface area contributed by atoms with Crippen LogP contribution in [0.25, 0.3) is 10.8 Å². The van der Waals surface area contributed by atoms with E-state index in [0.29, 0.717) is 0 Å². The van der Waals surface area contributed by atoms with Crippen LogP contribution in [0.4, 0.5) is 0 Å². The van der Waals surface area contributed by atoms with Crippen LogP contribution in [0, 0.1) is 0 Å². The molecule has 0 bridgehead atoms. The fourth-order valence-electron chi connectivity index (χ4n) is 1.80. The highest BCUT2D eigenvalue weighted by atomic mass is 32.2. The van der Waals surface area contributed by atoms with Gasteiger partial charge in [0.1, 0.15) is 4.90 Å². The quantitative estimate of drug-likeness (QED) is 0.845. The van der Waals surface area contributed by atoms with Gasteiger partial charge in [-0.05, 0) is 12.1 Å². The molecule has 0 aromatic heterocycles. The number of sulfone groups is 1. The minimum absolute atomic E-state index is 0.0329. The summed E-state index contributed by atoms with van der Waals surface area (Å²) >= 11 is 0. The SMILES string of the molecule is CS(=O)(=O)c1cccc2c(S(=O)(=O)O)cccc12. The van der Waals surface area contributed by atoms with Gasteiger partial charge in [-0.15, -0.1) is 0 Å². The van der Waals surface area contributed by atoms with E-state index >= 15 is 0 Å². The molecule has 5 nitrogen and oxygen atoms in total. The van der Waals surface area contributed by atoms with Crippen LogP contribution in [0.15, 0.2) is 46.2 Å². The standard InChI is InChI=1S/C11H10O5S2/c1-17(12,13)10-6-2-5-9-8(10)4-3-7-11(9)18(14,15)16/h2-7H,1H3,(H,14,15,16). The van der Waals surface area contributed by atoms with Crippen molar-refractivity contribution in [1.29, 1.82) is 0 Å². The molecule has 0 amide bonds. The van der Waals surface area contributed by atoms with Crippen molar-refractivity contribution in [3.8, 4) is 0 Å². The Labute approximate surface area is 105 Å². The molecule has 1 N–H and O–H groups in total. The summed E-state index contributed by atoms with van der Waals surface area (Å²) in [5.41, 5.74) is 0. The Hall–Kier alpha value is -1.44. The van der Waals surface area contributed by atoms with E-state index in [1.54, 1.807) is 0 Å². The highest BCUT2D eigenvalue weighted by molar-refractivity contribution is 7.91. The van der Waals surface area contributed by atoms with Gasteiger partial charge in [0.05, 0.1) is 4.90 Å². The molecule has 0 spiro atoms. The average molecular weight is 286 g/mol. The van der Waals surface area contributed by atoms with E-state index in [1.165, 1.54) is 36.4 Å². The summed E-state index contributed by atoms with van der Waals surface area (Å²) < 4.78 is 54.7. The van der Waals surface area contributed by atoms with Gasteiger partial charge in [0.15, 0.2) is 9.84 Å². The molecule has 7 heteroatoms. The Balaban J connectivity index is 3.00. The first-order chi connectivity index (χ1) is 8.21. The first kappa shape index (κ1) is 13.0. The number of hydrogen-bond donors (Lipinski definition) is 1. The van der Waals surface area contributed by atoms with Crippen molar-refractivity contribution in [1.82, 2.24) is 0 Å². The summed E-state index contributed by atoms with van der Waals surface area (Å²) in [6, 6.07) is 8.40. The van der Waals surface area contributed by atoms with Crippen LogP contribution in [-0.4, -0.2) is 27.6 Å². The zero-order valence-electron chi connectivity index (χ0n) is 9.36. The molecule has 0 saturated heterocycles. The zero-order chi connectivity index (χ0) is 13.6. The van der Waals surface area contributed by atoms with E-state index in [4.69, 9.17) is 4.55 Å². The van der Waals surface area contributed by atoms with Crippen molar-refractivity contribution in [3.63, 3.8) is 0 Å². The monoisotopic (exact) mass is 286 g/mol. The van der Waals surface area contributed by atoms with Crippen LogP contribution in [0.2, 0.25) is 0 Å². The van der Waals surface area contributed by atoms with Crippen molar-refractivity contribution >= 4 is 30.7 Å². The lowest BCUT2D eigenvalue weighted by molar-refractivity contribution is 0.484. The number of hydrogen-bond acceptors (Lipinski definition) is 4. The highest BCUT2D eigenvalue weighted by Gasteiger charge is 2.17. The molecule has 0 saturated carbocycles. The van der Waals surface area contributed by atoms with E-state index in [0.717, 1.165) is 6.26 Å². The van der Waals surface area contributed by atoms with Gasteiger partial charge in [0.2, 0.25) is 0 Å². The molecule has 96 valence electrons. The lowest BCUT2D eigenvalue weighted by atomic mass is 10.1. The van der Waals surface area contributed by atoms with E-state index < -0.39 is 20.0 Å². The predicted molar refractivity (Wildman–Crippen MR) is 66.9 cm³/mol. The molecule has 18 heavy (non-hydrogen) atoms. The van der Waals surface area contributed by atoms with Gasteiger partial charge in [-0.2, -0.15) is 8.42 Å². The maximum Gasteiger partial charge on any atom is 0.295 e. The normalized spacial score (nSPS) is 12.8. The summed E-state index contributed by atoms with van der Waals surface area (Å²) in [6.07, 6.45) is 1.04. The molecule has 0 aliphatic heterocycles. The predicted octanol–water partition coefficient (Wildman–Crippen LogP) is 1.49. The van der Waals surface area contributed by atoms with Gasteiger partial charge >= 0.3 is 0 Å². The molecule has 0 radical (unpaired) electrons. The molecule has 0 atom stereocenters. The summed E-state index contributed by atoms with van der Waals surface area (Å²) in [6.45, 7) is 0. The lowest BCUT2D eigenvalue weighted by Crippen LogP contribution is -2.02. The minimum Gasteiger partial charge on any atom is -0.282 e. The van der Waals surface area contributed by atoms with Gasteiger partial charge in [0.25, 0.3) is 10.1 Å². The number of rotatable bonds is 2. The summed E-state index contributed by atoms with van der Waals surface area (Å²) in [7, 11) is -7.85. The molecule has 2 aromatic carbocycles. The van der Waals surface area contributed by atoms with Crippen LogP contribution >= 0.6 is 0 Å². The Morgan fingerprint density at radius 3 is 1.72 bits per heavy atom. The fraction of sp³-hybridized carbons (Fsp3) is 0.0909. The zero-order valence-corrected chi connectivity index (χ0v) is 11.0. The molecule has 2 aromatic rings. The fourth-order valence-corrected chi connectivity index (χ4v) is 3.41. The smallest absolute Gasteiger partial charge is 0.282 e. The molecule has 0 unspecified atom stereocenters. The minimum atomic E-state index is -4.39. The van der Waals surface area contributed by atoms with Crippen molar-refractivity contribution < 1.29 is 21.4 Å². The summed E-state index contributed by atoms with van der Waals surface area (Å²) in [5, 5.41) is 0.457. The van der Waals surface area contributed by atoms with E-state index in [9.17, 15) is 16.8 Å². The molecule has 2 rings (SSSR count). The lowest BCUT2D eigenvalue weighted by Gasteiger charge is -2.07. The van der Waals surface area contributed by atoms with E-state index in [-0.39, 0.29) is 20.6 Å². The summed E-state index contributed by atoms with van der Waals surface area (Å²) in [4.78, 5) is -0.268. The van der Waals surface area contributed by atoms with Gasteiger partial charge in [-0.25, -0.2) is 8.42 Å². The molecular weight excluding hydrogens is 276 g/mol. The van der Waals surface area contributed by atoms with Crippen LogP contribution in [0.1, 0.15) is 0 Å². The molecule has 0 heterocycles. The topological polar surface area (TPSA) is 88.5 Å². The van der Waals surface area contributed by atoms with Crippen molar-refractivity contribution in [2.24, 2.45) is 0 Å². The first-order valence-corrected chi connectivity index (χ1v) is 8.24. The Morgan fingerprint density at radius 2 is 1.28 bits per heavy atom. The molecular formula is C11H10O5S2. The van der Waals surface area contributed by atoms with Crippen LogP contribution < -0.4 is 0 Å². The second-order valence-corrected chi connectivity index (χ2v) is 7.23. The maximum absolute atomic E-state index is 11.6. The number of fused-ring (bicyclic) bond motifs is 1. The van der Waals surface area contributed by atoms with Crippen molar-refractivity contribution in [2.45, 2.75) is 9.79 Å². The molecule has 0 fully saturated rings.